The Morgan fingerprint density at radius 2 is 2.04 bits per heavy atom. The number of amides is 1. The molecule has 1 atom stereocenters. The van der Waals surface area contributed by atoms with Crippen molar-refractivity contribution in [2.75, 3.05) is 17.7 Å². The van der Waals surface area contributed by atoms with Crippen LogP contribution in [-0.2, 0) is 4.79 Å². The molecule has 0 saturated heterocycles. The molecular weight excluding hydrogens is 387 g/mol. The molecule has 2 N–H and O–H groups in total. The predicted octanol–water partition coefficient (Wildman–Crippen LogP) is 4.55. The summed E-state index contributed by atoms with van der Waals surface area (Å²) in [5.74, 6) is 0.0978. The Morgan fingerprint density at radius 3 is 2.81 bits per heavy atom. The lowest BCUT2D eigenvalue weighted by Crippen LogP contribution is -2.22. The van der Waals surface area contributed by atoms with E-state index in [1.807, 2.05) is 12.1 Å². The van der Waals surface area contributed by atoms with Crippen molar-refractivity contribution in [3.05, 3.63) is 54.3 Å². The second-order valence-electron chi connectivity index (χ2n) is 5.46. The van der Waals surface area contributed by atoms with Crippen LogP contribution in [0, 0.1) is 5.82 Å². The maximum Gasteiger partial charge on any atom is 0.237 e. The molecule has 0 aliphatic rings. The van der Waals surface area contributed by atoms with E-state index >= 15 is 0 Å². The highest BCUT2D eigenvalue weighted by atomic mass is 32.2. The Hall–Kier alpha value is -2.65. The quantitative estimate of drug-likeness (QED) is 0.563. The van der Waals surface area contributed by atoms with Gasteiger partial charge in [0, 0.05) is 5.69 Å². The number of carbonyl (C=O) groups excluding carboxylic acids is 1. The van der Waals surface area contributed by atoms with Crippen LogP contribution in [0.4, 0.5) is 20.9 Å². The summed E-state index contributed by atoms with van der Waals surface area (Å²) in [5, 5.41) is 14.1. The molecule has 27 heavy (non-hydrogen) atoms. The maximum atomic E-state index is 13.2. The van der Waals surface area contributed by atoms with Gasteiger partial charge in [-0.15, -0.1) is 10.2 Å². The molecule has 1 aromatic heterocycles. The molecule has 0 spiro atoms. The third-order valence-electron chi connectivity index (χ3n) is 3.49. The summed E-state index contributed by atoms with van der Waals surface area (Å²) in [6.45, 7) is 1.79. The second kappa shape index (κ2) is 8.83. The molecule has 0 radical (unpaired) electrons. The topological polar surface area (TPSA) is 76.1 Å². The lowest BCUT2D eigenvalue weighted by molar-refractivity contribution is -0.115. The molecule has 6 nitrogen and oxygen atoms in total. The van der Waals surface area contributed by atoms with E-state index in [1.165, 1.54) is 35.2 Å². The van der Waals surface area contributed by atoms with Gasteiger partial charge in [-0.2, -0.15) is 0 Å². The van der Waals surface area contributed by atoms with Crippen molar-refractivity contribution in [1.82, 2.24) is 10.2 Å². The Morgan fingerprint density at radius 1 is 1.22 bits per heavy atom. The van der Waals surface area contributed by atoms with Gasteiger partial charge in [0.2, 0.25) is 11.0 Å². The van der Waals surface area contributed by atoms with E-state index in [9.17, 15) is 9.18 Å². The number of nitrogens with one attached hydrogen (secondary N) is 2. The number of hydrogen-bond acceptors (Lipinski definition) is 7. The summed E-state index contributed by atoms with van der Waals surface area (Å²) in [6.07, 6.45) is 0. The molecule has 3 rings (SSSR count). The number of ether oxygens (including phenoxy) is 1. The first kappa shape index (κ1) is 19.1. The van der Waals surface area contributed by atoms with E-state index in [2.05, 4.69) is 20.8 Å². The van der Waals surface area contributed by atoms with Gasteiger partial charge in [0.25, 0.3) is 0 Å². The normalized spacial score (nSPS) is 11.7. The van der Waals surface area contributed by atoms with Crippen LogP contribution in [-0.4, -0.2) is 28.5 Å². The van der Waals surface area contributed by atoms with Gasteiger partial charge in [0.15, 0.2) is 4.34 Å². The maximum absolute atomic E-state index is 13.2. The Kier molecular flexibility index (Phi) is 6.25. The van der Waals surface area contributed by atoms with Crippen molar-refractivity contribution in [1.29, 1.82) is 0 Å². The van der Waals surface area contributed by atoms with Crippen LogP contribution in [0.1, 0.15) is 6.92 Å². The molecule has 0 aliphatic heterocycles. The number of para-hydroxylation sites is 2. The van der Waals surface area contributed by atoms with E-state index in [1.54, 1.807) is 38.3 Å². The molecule has 0 bridgehead atoms. The van der Waals surface area contributed by atoms with Crippen molar-refractivity contribution in [3.63, 3.8) is 0 Å². The van der Waals surface area contributed by atoms with Gasteiger partial charge >= 0.3 is 0 Å². The Balaban J connectivity index is 1.60. The number of methoxy groups -OCH3 is 1. The molecule has 0 aliphatic carbocycles. The van der Waals surface area contributed by atoms with E-state index in [-0.39, 0.29) is 17.0 Å². The number of halogens is 1. The lowest BCUT2D eigenvalue weighted by Gasteiger charge is -2.12. The first-order valence-corrected chi connectivity index (χ1v) is 9.71. The number of hydrogen-bond donors (Lipinski definition) is 2. The van der Waals surface area contributed by atoms with Gasteiger partial charge < -0.3 is 15.4 Å². The number of rotatable bonds is 7. The Bertz CT molecular complexity index is 935. The molecule has 9 heteroatoms. The van der Waals surface area contributed by atoms with Crippen LogP contribution in [0.5, 0.6) is 5.75 Å². The highest BCUT2D eigenvalue weighted by molar-refractivity contribution is 8.02. The van der Waals surface area contributed by atoms with E-state index in [0.717, 1.165) is 0 Å². The summed E-state index contributed by atoms with van der Waals surface area (Å²) in [5.41, 5.74) is 1.20. The molecule has 0 fully saturated rings. The zero-order valence-corrected chi connectivity index (χ0v) is 16.2. The minimum absolute atomic E-state index is 0.167. The van der Waals surface area contributed by atoms with E-state index in [0.29, 0.717) is 26.6 Å². The molecule has 1 heterocycles. The fourth-order valence-corrected chi connectivity index (χ4v) is 4.10. The smallest absolute Gasteiger partial charge is 0.237 e. The molecule has 2 aromatic carbocycles. The van der Waals surface area contributed by atoms with Crippen molar-refractivity contribution in [2.24, 2.45) is 0 Å². The van der Waals surface area contributed by atoms with Gasteiger partial charge in [-0.1, -0.05) is 41.3 Å². The van der Waals surface area contributed by atoms with E-state index in [4.69, 9.17) is 4.74 Å². The van der Waals surface area contributed by atoms with Crippen molar-refractivity contribution in [3.8, 4) is 5.75 Å². The average Bonchev–Trinajstić information content (AvgIpc) is 3.09. The minimum Gasteiger partial charge on any atom is -0.495 e. The van der Waals surface area contributed by atoms with Crippen LogP contribution < -0.4 is 15.4 Å². The summed E-state index contributed by atoms with van der Waals surface area (Å²) in [4.78, 5) is 12.4. The lowest BCUT2D eigenvalue weighted by atomic mass is 10.3. The molecular formula is C18H17FN4O2S2. The first-order valence-electron chi connectivity index (χ1n) is 8.02. The van der Waals surface area contributed by atoms with Gasteiger partial charge in [-0.05, 0) is 37.3 Å². The molecule has 0 saturated carbocycles. The molecule has 0 unspecified atom stereocenters. The Labute approximate surface area is 164 Å². The van der Waals surface area contributed by atoms with Crippen LogP contribution in [0.15, 0.2) is 52.9 Å². The van der Waals surface area contributed by atoms with E-state index < -0.39 is 0 Å². The minimum atomic E-state index is -0.384. The SMILES string of the molecule is COc1ccccc1NC(=O)[C@@H](C)Sc1nnc(Nc2cccc(F)c2)s1. The number of benzene rings is 2. The van der Waals surface area contributed by atoms with Crippen LogP contribution in [0.25, 0.3) is 0 Å². The van der Waals surface area contributed by atoms with Crippen molar-refractivity contribution < 1.29 is 13.9 Å². The molecule has 1 amide bonds. The highest BCUT2D eigenvalue weighted by Crippen LogP contribution is 2.31. The third-order valence-corrected chi connectivity index (χ3v) is 5.52. The number of anilines is 3. The number of carbonyl (C=O) groups is 1. The summed E-state index contributed by atoms with van der Waals surface area (Å²) in [6, 6.07) is 13.3. The highest BCUT2D eigenvalue weighted by Gasteiger charge is 2.18. The fourth-order valence-electron chi connectivity index (χ4n) is 2.18. The second-order valence-corrected chi connectivity index (χ2v) is 8.02. The summed E-state index contributed by atoms with van der Waals surface area (Å²) < 4.78 is 19.1. The van der Waals surface area contributed by atoms with Gasteiger partial charge in [0.1, 0.15) is 11.6 Å². The third kappa shape index (κ3) is 5.18. The number of nitrogens with zero attached hydrogens (tertiary/aromatic N) is 2. The number of aromatic nitrogens is 2. The zero-order valence-electron chi connectivity index (χ0n) is 14.6. The van der Waals surface area contributed by atoms with Crippen LogP contribution in [0.2, 0.25) is 0 Å². The summed E-state index contributed by atoms with van der Waals surface area (Å²) >= 11 is 2.59. The van der Waals surface area contributed by atoms with Crippen LogP contribution >= 0.6 is 23.1 Å². The molecule has 140 valence electrons. The molecule has 3 aromatic rings. The summed E-state index contributed by atoms with van der Waals surface area (Å²) in [7, 11) is 1.55. The number of thioether (sulfide) groups is 1. The largest absolute Gasteiger partial charge is 0.495 e. The standard InChI is InChI=1S/C18H17FN4O2S2/c1-11(16(24)21-14-8-3-4-9-15(14)25-2)26-18-23-22-17(27-18)20-13-7-5-6-12(19)10-13/h3-11H,1-2H3,(H,20,22)(H,21,24)/t11-/m1/s1. The zero-order chi connectivity index (χ0) is 19.2. The van der Waals surface area contributed by atoms with Crippen molar-refractivity contribution >= 4 is 45.5 Å². The average molecular weight is 404 g/mol. The van der Waals surface area contributed by atoms with Gasteiger partial charge in [-0.3, -0.25) is 4.79 Å². The van der Waals surface area contributed by atoms with Gasteiger partial charge in [0.05, 0.1) is 18.0 Å². The predicted molar refractivity (Wildman–Crippen MR) is 107 cm³/mol. The first-order chi connectivity index (χ1) is 13.0. The van der Waals surface area contributed by atoms with Crippen LogP contribution in [0.3, 0.4) is 0 Å². The fraction of sp³-hybridized carbons (Fsp3) is 0.167. The van der Waals surface area contributed by atoms with Crippen molar-refractivity contribution in [2.45, 2.75) is 16.5 Å². The van der Waals surface area contributed by atoms with Gasteiger partial charge in [-0.25, -0.2) is 4.39 Å². The monoisotopic (exact) mass is 404 g/mol.